The highest BCUT2D eigenvalue weighted by Gasteiger charge is 2.11. The fraction of sp³-hybridized carbons (Fsp3) is 0.500. The number of hydrogen-bond acceptors (Lipinski definition) is 5. The molecule has 0 saturated carbocycles. The van der Waals surface area contributed by atoms with Crippen LogP contribution in [0.25, 0.3) is 0 Å². The average molecular weight is 208 g/mol. The number of nitrogens with zero attached hydrogens (tertiary/aromatic N) is 3. The third kappa shape index (κ3) is 3.53. The van der Waals surface area contributed by atoms with Crippen molar-refractivity contribution >= 4 is 5.90 Å². The first-order valence-corrected chi connectivity index (χ1v) is 4.95. The van der Waals surface area contributed by atoms with Crippen molar-refractivity contribution in [1.82, 2.24) is 10.2 Å². The van der Waals surface area contributed by atoms with E-state index in [0.29, 0.717) is 18.9 Å². The Balaban J connectivity index is 2.59. The summed E-state index contributed by atoms with van der Waals surface area (Å²) >= 11 is 0. The molecule has 0 aromatic carbocycles. The Morgan fingerprint density at radius 2 is 2.47 bits per heavy atom. The molecule has 15 heavy (non-hydrogen) atoms. The van der Waals surface area contributed by atoms with Gasteiger partial charge in [-0.25, -0.2) is 0 Å². The predicted octanol–water partition coefficient (Wildman–Crippen LogP) is 1.28. The predicted molar refractivity (Wildman–Crippen MR) is 58.3 cm³/mol. The van der Waals surface area contributed by atoms with E-state index in [4.69, 9.17) is 10.6 Å². The lowest BCUT2D eigenvalue weighted by atomic mass is 10.0. The van der Waals surface area contributed by atoms with Crippen LogP contribution < -0.4 is 5.84 Å². The summed E-state index contributed by atoms with van der Waals surface area (Å²) in [6, 6.07) is 3.79. The summed E-state index contributed by atoms with van der Waals surface area (Å²) in [5.74, 6) is 5.97. The normalized spacial score (nSPS) is 13.6. The number of nitrogens with two attached hydrogens (primary N) is 1. The lowest BCUT2D eigenvalue weighted by Crippen LogP contribution is -2.12. The molecular formula is C10H16N4O. The van der Waals surface area contributed by atoms with Crippen LogP contribution in [0.3, 0.4) is 0 Å². The van der Waals surface area contributed by atoms with Crippen LogP contribution in [0.15, 0.2) is 23.4 Å². The third-order valence-electron chi connectivity index (χ3n) is 2.03. The van der Waals surface area contributed by atoms with Crippen molar-refractivity contribution in [2.75, 3.05) is 6.61 Å². The zero-order valence-electron chi connectivity index (χ0n) is 9.05. The van der Waals surface area contributed by atoms with Crippen molar-refractivity contribution in [3.05, 3.63) is 24.0 Å². The molecule has 0 radical (unpaired) electrons. The molecule has 5 heteroatoms. The molecule has 0 saturated heterocycles. The van der Waals surface area contributed by atoms with Gasteiger partial charge in [-0.3, -0.25) is 0 Å². The topological polar surface area (TPSA) is 73.4 Å². The second kappa shape index (κ2) is 5.95. The number of hydrazone groups is 1. The molecule has 0 bridgehead atoms. The molecule has 1 aromatic heterocycles. The van der Waals surface area contributed by atoms with Crippen LogP contribution in [0, 0.1) is 0 Å². The van der Waals surface area contributed by atoms with Gasteiger partial charge in [-0.1, -0.05) is 6.92 Å². The monoisotopic (exact) mass is 208 g/mol. The van der Waals surface area contributed by atoms with E-state index in [1.807, 2.05) is 26.0 Å². The van der Waals surface area contributed by atoms with Gasteiger partial charge in [-0.05, 0) is 19.1 Å². The highest BCUT2D eigenvalue weighted by molar-refractivity contribution is 5.76. The molecule has 2 N–H and O–H groups in total. The lowest BCUT2D eigenvalue weighted by molar-refractivity contribution is 0.312. The molecule has 1 aromatic rings. The number of rotatable bonds is 4. The summed E-state index contributed by atoms with van der Waals surface area (Å²) < 4.78 is 5.26. The second-order valence-corrected chi connectivity index (χ2v) is 3.21. The van der Waals surface area contributed by atoms with E-state index in [1.165, 1.54) is 0 Å². The maximum atomic E-state index is 5.26. The highest BCUT2D eigenvalue weighted by atomic mass is 16.5. The first kappa shape index (κ1) is 11.4. The summed E-state index contributed by atoms with van der Waals surface area (Å²) in [6.07, 6.45) is 2.29. The van der Waals surface area contributed by atoms with Gasteiger partial charge >= 0.3 is 0 Å². The molecule has 0 amide bonds. The minimum absolute atomic E-state index is 0.201. The summed E-state index contributed by atoms with van der Waals surface area (Å²) in [4.78, 5) is 0. The zero-order chi connectivity index (χ0) is 11.1. The Labute approximate surface area is 89.3 Å². The van der Waals surface area contributed by atoms with Crippen molar-refractivity contribution in [3.8, 4) is 0 Å². The van der Waals surface area contributed by atoms with Crippen molar-refractivity contribution in [1.29, 1.82) is 0 Å². The van der Waals surface area contributed by atoms with Crippen LogP contribution in [-0.2, 0) is 4.74 Å². The van der Waals surface area contributed by atoms with E-state index in [0.717, 1.165) is 5.69 Å². The average Bonchev–Trinajstić information content (AvgIpc) is 2.29. The lowest BCUT2D eigenvalue weighted by Gasteiger charge is -2.11. The molecule has 0 spiro atoms. The maximum Gasteiger partial charge on any atom is 0.206 e. The Morgan fingerprint density at radius 1 is 1.67 bits per heavy atom. The number of ether oxygens (including phenoxy) is 1. The molecular weight excluding hydrogens is 192 g/mol. The minimum atomic E-state index is 0.201. The fourth-order valence-electron chi connectivity index (χ4n) is 1.26. The van der Waals surface area contributed by atoms with Crippen molar-refractivity contribution in [2.24, 2.45) is 10.9 Å². The Morgan fingerprint density at radius 3 is 3.00 bits per heavy atom. The Bertz CT molecular complexity index is 312. The minimum Gasteiger partial charge on any atom is -0.480 e. The molecule has 1 heterocycles. The Kier molecular flexibility index (Phi) is 4.53. The quantitative estimate of drug-likeness (QED) is 0.350. The third-order valence-corrected chi connectivity index (χ3v) is 2.03. The van der Waals surface area contributed by atoms with E-state index in [2.05, 4.69) is 15.3 Å². The summed E-state index contributed by atoms with van der Waals surface area (Å²) in [7, 11) is 0. The smallest absolute Gasteiger partial charge is 0.206 e. The largest absolute Gasteiger partial charge is 0.480 e. The molecule has 0 aliphatic carbocycles. The highest BCUT2D eigenvalue weighted by Crippen LogP contribution is 2.16. The summed E-state index contributed by atoms with van der Waals surface area (Å²) in [5.41, 5.74) is 0.915. The SMILES string of the molecule is CCO/C(CC(C)c1cccnn1)=N/N. The first-order valence-electron chi connectivity index (χ1n) is 4.95. The van der Waals surface area contributed by atoms with Gasteiger partial charge in [-0.15, -0.1) is 5.10 Å². The molecule has 5 nitrogen and oxygen atoms in total. The standard InChI is InChI=1S/C10H16N4O/c1-3-15-10(13-11)7-8(2)9-5-4-6-12-14-9/h4-6,8H,3,7,11H2,1-2H3/b13-10+. The van der Waals surface area contributed by atoms with Gasteiger partial charge in [0.05, 0.1) is 12.3 Å². The van der Waals surface area contributed by atoms with E-state index >= 15 is 0 Å². The first-order chi connectivity index (χ1) is 7.27. The van der Waals surface area contributed by atoms with Crippen LogP contribution in [-0.4, -0.2) is 22.7 Å². The maximum absolute atomic E-state index is 5.26. The summed E-state index contributed by atoms with van der Waals surface area (Å²) in [6.45, 7) is 4.51. The van der Waals surface area contributed by atoms with Crippen molar-refractivity contribution in [3.63, 3.8) is 0 Å². The van der Waals surface area contributed by atoms with Gasteiger partial charge in [0.25, 0.3) is 0 Å². The number of aromatic nitrogens is 2. The number of hydrogen-bond donors (Lipinski definition) is 1. The molecule has 0 aliphatic rings. The molecule has 0 fully saturated rings. The van der Waals surface area contributed by atoms with Gasteiger partial charge < -0.3 is 10.6 Å². The fourth-order valence-corrected chi connectivity index (χ4v) is 1.26. The van der Waals surface area contributed by atoms with Gasteiger partial charge in [0.1, 0.15) is 0 Å². The zero-order valence-corrected chi connectivity index (χ0v) is 9.05. The van der Waals surface area contributed by atoms with Gasteiger partial charge in [0.15, 0.2) is 0 Å². The van der Waals surface area contributed by atoms with Gasteiger partial charge in [-0.2, -0.15) is 10.2 Å². The van der Waals surface area contributed by atoms with Crippen molar-refractivity contribution in [2.45, 2.75) is 26.2 Å². The van der Waals surface area contributed by atoms with E-state index < -0.39 is 0 Å². The molecule has 0 aliphatic heterocycles. The van der Waals surface area contributed by atoms with E-state index in [-0.39, 0.29) is 5.92 Å². The van der Waals surface area contributed by atoms with Crippen LogP contribution in [0.1, 0.15) is 31.9 Å². The van der Waals surface area contributed by atoms with Gasteiger partial charge in [0.2, 0.25) is 5.90 Å². The van der Waals surface area contributed by atoms with E-state index in [9.17, 15) is 0 Å². The second-order valence-electron chi connectivity index (χ2n) is 3.21. The van der Waals surface area contributed by atoms with Crippen LogP contribution in [0.4, 0.5) is 0 Å². The van der Waals surface area contributed by atoms with E-state index in [1.54, 1.807) is 6.20 Å². The summed E-state index contributed by atoms with van der Waals surface area (Å²) in [5, 5.41) is 11.4. The molecule has 1 atom stereocenters. The Hall–Kier alpha value is -1.65. The van der Waals surface area contributed by atoms with Crippen LogP contribution in [0.2, 0.25) is 0 Å². The molecule has 1 rings (SSSR count). The van der Waals surface area contributed by atoms with Gasteiger partial charge in [0, 0.05) is 18.5 Å². The van der Waals surface area contributed by atoms with Crippen LogP contribution >= 0.6 is 0 Å². The van der Waals surface area contributed by atoms with Crippen LogP contribution in [0.5, 0.6) is 0 Å². The van der Waals surface area contributed by atoms with Crippen molar-refractivity contribution < 1.29 is 4.74 Å². The molecule has 82 valence electrons. The molecule has 1 unspecified atom stereocenters.